The standard InChI is InChI=1S/C24H14F3NS/c25-24(26,27)18-13-10-17(11-14-18)12-15-21-20-8-4-5-9-22(20)29-23(21)16-28-19-6-2-1-3-7-19/h1-11,13-14,16H. The lowest BCUT2D eigenvalue weighted by Gasteiger charge is -2.05. The van der Waals surface area contributed by atoms with Crippen LogP contribution >= 0.6 is 11.3 Å². The number of para-hydroxylation sites is 1. The quantitative estimate of drug-likeness (QED) is 0.250. The largest absolute Gasteiger partial charge is 0.416 e. The second-order valence-electron chi connectivity index (χ2n) is 6.26. The molecule has 1 nitrogen and oxygen atoms in total. The molecule has 0 fully saturated rings. The predicted molar refractivity (Wildman–Crippen MR) is 113 cm³/mol. The molecule has 0 radical (unpaired) electrons. The van der Waals surface area contributed by atoms with Gasteiger partial charge in [0.25, 0.3) is 0 Å². The second-order valence-corrected chi connectivity index (χ2v) is 7.34. The minimum absolute atomic E-state index is 0.527. The predicted octanol–water partition coefficient (Wildman–Crippen LogP) is 7.07. The third-order valence-corrected chi connectivity index (χ3v) is 5.36. The van der Waals surface area contributed by atoms with Crippen molar-refractivity contribution in [3.05, 3.63) is 100 Å². The second kappa shape index (κ2) is 7.94. The Morgan fingerprint density at radius 1 is 0.793 bits per heavy atom. The van der Waals surface area contributed by atoms with E-state index in [4.69, 9.17) is 0 Å². The maximum Gasteiger partial charge on any atom is 0.416 e. The molecule has 0 spiro atoms. The summed E-state index contributed by atoms with van der Waals surface area (Å²) in [6, 6.07) is 22.4. The Balaban J connectivity index is 1.72. The third kappa shape index (κ3) is 4.39. The molecule has 142 valence electrons. The van der Waals surface area contributed by atoms with E-state index >= 15 is 0 Å². The Labute approximate surface area is 170 Å². The Bertz CT molecular complexity index is 1220. The number of halogens is 3. The van der Waals surface area contributed by atoms with Gasteiger partial charge in [0.15, 0.2) is 0 Å². The Morgan fingerprint density at radius 2 is 1.48 bits per heavy atom. The lowest BCUT2D eigenvalue weighted by molar-refractivity contribution is -0.137. The van der Waals surface area contributed by atoms with Crippen LogP contribution in [0.2, 0.25) is 0 Å². The fourth-order valence-electron chi connectivity index (χ4n) is 2.81. The van der Waals surface area contributed by atoms with Crippen LogP contribution in [0.15, 0.2) is 83.9 Å². The monoisotopic (exact) mass is 405 g/mol. The van der Waals surface area contributed by atoms with Crippen molar-refractivity contribution in [3.8, 4) is 11.8 Å². The highest BCUT2D eigenvalue weighted by molar-refractivity contribution is 7.20. The maximum absolute atomic E-state index is 12.7. The van der Waals surface area contributed by atoms with E-state index in [1.165, 1.54) is 12.1 Å². The molecule has 0 amide bonds. The first-order valence-electron chi connectivity index (χ1n) is 8.81. The molecule has 0 unspecified atom stereocenters. The average Bonchev–Trinajstić information content (AvgIpc) is 3.08. The fourth-order valence-corrected chi connectivity index (χ4v) is 3.84. The number of nitrogens with zero attached hydrogens (tertiary/aromatic N) is 1. The summed E-state index contributed by atoms with van der Waals surface area (Å²) in [5, 5.41) is 1.01. The van der Waals surface area contributed by atoms with Crippen LogP contribution in [0.25, 0.3) is 10.1 Å². The minimum Gasteiger partial charge on any atom is -0.255 e. The molecular weight excluding hydrogens is 391 g/mol. The Hall–Kier alpha value is -3.36. The van der Waals surface area contributed by atoms with Crippen LogP contribution < -0.4 is 0 Å². The number of alkyl halides is 3. The normalized spacial score (nSPS) is 11.6. The molecule has 0 aliphatic heterocycles. The van der Waals surface area contributed by atoms with Crippen LogP contribution in [-0.4, -0.2) is 6.21 Å². The molecule has 0 N–H and O–H groups in total. The van der Waals surface area contributed by atoms with E-state index in [1.807, 2.05) is 54.6 Å². The van der Waals surface area contributed by atoms with Crippen molar-refractivity contribution in [3.63, 3.8) is 0 Å². The summed E-state index contributed by atoms with van der Waals surface area (Å²) in [5.74, 6) is 6.12. The third-order valence-electron chi connectivity index (χ3n) is 4.25. The van der Waals surface area contributed by atoms with Gasteiger partial charge in [0.1, 0.15) is 0 Å². The zero-order valence-electron chi connectivity index (χ0n) is 15.1. The molecule has 0 saturated carbocycles. The lowest BCUT2D eigenvalue weighted by atomic mass is 10.1. The molecule has 3 aromatic carbocycles. The number of fused-ring (bicyclic) bond motifs is 1. The van der Waals surface area contributed by atoms with E-state index in [0.717, 1.165) is 38.3 Å². The van der Waals surface area contributed by atoms with Gasteiger partial charge in [0.05, 0.1) is 21.7 Å². The minimum atomic E-state index is -4.35. The van der Waals surface area contributed by atoms with E-state index in [1.54, 1.807) is 17.6 Å². The topological polar surface area (TPSA) is 12.4 Å². The van der Waals surface area contributed by atoms with Gasteiger partial charge in [-0.2, -0.15) is 13.2 Å². The van der Waals surface area contributed by atoms with Gasteiger partial charge in [-0.05, 0) is 42.5 Å². The van der Waals surface area contributed by atoms with Crippen molar-refractivity contribution in [2.24, 2.45) is 4.99 Å². The van der Waals surface area contributed by atoms with Gasteiger partial charge in [-0.1, -0.05) is 48.2 Å². The zero-order chi connectivity index (χ0) is 20.3. The summed E-state index contributed by atoms with van der Waals surface area (Å²) >= 11 is 1.58. The van der Waals surface area contributed by atoms with Crippen molar-refractivity contribution in [1.82, 2.24) is 0 Å². The molecule has 0 atom stereocenters. The number of rotatable bonds is 2. The lowest BCUT2D eigenvalue weighted by Crippen LogP contribution is -2.04. The van der Waals surface area contributed by atoms with Gasteiger partial charge < -0.3 is 0 Å². The summed E-state index contributed by atoms with van der Waals surface area (Å²) in [6.45, 7) is 0. The summed E-state index contributed by atoms with van der Waals surface area (Å²) < 4.78 is 39.3. The smallest absolute Gasteiger partial charge is 0.255 e. The molecule has 1 heterocycles. The Kier molecular flexibility index (Phi) is 5.20. The molecule has 5 heteroatoms. The first-order chi connectivity index (χ1) is 14.0. The number of thiophene rings is 1. The van der Waals surface area contributed by atoms with Gasteiger partial charge in [-0.3, -0.25) is 4.99 Å². The summed E-state index contributed by atoms with van der Waals surface area (Å²) in [4.78, 5) is 5.43. The highest BCUT2D eigenvalue weighted by atomic mass is 32.1. The summed E-state index contributed by atoms with van der Waals surface area (Å²) in [6.07, 6.45) is -2.56. The SMILES string of the molecule is FC(F)(F)c1ccc(C#Cc2c(C=Nc3ccccc3)sc3ccccc23)cc1. The van der Waals surface area contributed by atoms with E-state index in [2.05, 4.69) is 16.8 Å². The van der Waals surface area contributed by atoms with E-state index in [9.17, 15) is 13.2 Å². The van der Waals surface area contributed by atoms with Gasteiger partial charge in [-0.25, -0.2) is 0 Å². The first kappa shape index (κ1) is 19.0. The van der Waals surface area contributed by atoms with Crippen molar-refractivity contribution in [2.75, 3.05) is 0 Å². The fraction of sp³-hybridized carbons (Fsp3) is 0.0417. The highest BCUT2D eigenvalue weighted by Gasteiger charge is 2.29. The summed E-state index contributed by atoms with van der Waals surface area (Å²) in [5.41, 5.74) is 1.51. The van der Waals surface area contributed by atoms with Gasteiger partial charge in [0.2, 0.25) is 0 Å². The molecule has 0 saturated heterocycles. The zero-order valence-corrected chi connectivity index (χ0v) is 15.9. The molecule has 4 rings (SSSR count). The van der Waals surface area contributed by atoms with Crippen molar-refractivity contribution in [1.29, 1.82) is 0 Å². The van der Waals surface area contributed by atoms with E-state index in [-0.39, 0.29) is 0 Å². The van der Waals surface area contributed by atoms with E-state index < -0.39 is 11.7 Å². The molecule has 4 aromatic rings. The molecule has 1 aromatic heterocycles. The number of aliphatic imine (C=N–C) groups is 1. The number of benzene rings is 3. The number of hydrogen-bond acceptors (Lipinski definition) is 2. The molecule has 0 aliphatic carbocycles. The van der Waals surface area contributed by atoms with Crippen LogP contribution in [0.1, 0.15) is 21.6 Å². The van der Waals surface area contributed by atoms with Crippen molar-refractivity contribution in [2.45, 2.75) is 6.18 Å². The maximum atomic E-state index is 12.7. The van der Waals surface area contributed by atoms with Crippen LogP contribution in [0.3, 0.4) is 0 Å². The highest BCUT2D eigenvalue weighted by Crippen LogP contribution is 2.31. The average molecular weight is 405 g/mol. The molecule has 0 aliphatic rings. The molecule has 0 bridgehead atoms. The van der Waals surface area contributed by atoms with Crippen molar-refractivity contribution < 1.29 is 13.2 Å². The van der Waals surface area contributed by atoms with Gasteiger partial charge in [0, 0.05) is 21.9 Å². The van der Waals surface area contributed by atoms with Crippen LogP contribution in [0.5, 0.6) is 0 Å². The van der Waals surface area contributed by atoms with Crippen molar-refractivity contribution >= 4 is 33.3 Å². The Morgan fingerprint density at radius 3 is 2.21 bits per heavy atom. The van der Waals surface area contributed by atoms with Gasteiger partial charge >= 0.3 is 6.18 Å². The van der Waals surface area contributed by atoms with E-state index in [0.29, 0.717) is 5.56 Å². The van der Waals surface area contributed by atoms with Crippen LogP contribution in [-0.2, 0) is 6.18 Å². The molecular formula is C24H14F3NS. The van der Waals surface area contributed by atoms with Crippen LogP contribution in [0, 0.1) is 11.8 Å². The molecule has 29 heavy (non-hydrogen) atoms. The number of hydrogen-bond donors (Lipinski definition) is 0. The summed E-state index contributed by atoms with van der Waals surface area (Å²) in [7, 11) is 0. The van der Waals surface area contributed by atoms with Crippen LogP contribution in [0.4, 0.5) is 18.9 Å². The first-order valence-corrected chi connectivity index (χ1v) is 9.62. The van der Waals surface area contributed by atoms with Gasteiger partial charge in [-0.15, -0.1) is 11.3 Å².